The zero-order valence-corrected chi connectivity index (χ0v) is 15.1. The minimum absolute atomic E-state index is 0.00567. The van der Waals surface area contributed by atoms with Gasteiger partial charge in [0.2, 0.25) is 5.88 Å². The summed E-state index contributed by atoms with van der Waals surface area (Å²) in [7, 11) is 0. The molecule has 0 spiro atoms. The number of pyridine rings is 1. The summed E-state index contributed by atoms with van der Waals surface area (Å²) in [4.78, 5) is 24.0. The van der Waals surface area contributed by atoms with Crippen LogP contribution < -0.4 is 5.56 Å². The Morgan fingerprint density at radius 1 is 1.27 bits per heavy atom. The summed E-state index contributed by atoms with van der Waals surface area (Å²) in [6, 6.07) is 8.40. The van der Waals surface area contributed by atoms with Crippen LogP contribution >= 0.6 is 0 Å². The maximum atomic E-state index is 12.7. The molecule has 0 unspecified atom stereocenters. The second-order valence-electron chi connectivity index (χ2n) is 6.40. The molecule has 0 aliphatic rings. The van der Waals surface area contributed by atoms with Gasteiger partial charge in [0, 0.05) is 17.7 Å². The van der Waals surface area contributed by atoms with E-state index < -0.39 is 5.56 Å². The highest BCUT2D eigenvalue weighted by molar-refractivity contribution is 5.94. The Bertz CT molecular complexity index is 964. The van der Waals surface area contributed by atoms with E-state index in [4.69, 9.17) is 0 Å². The summed E-state index contributed by atoms with van der Waals surface area (Å²) in [5.41, 5.74) is 0.810. The van der Waals surface area contributed by atoms with E-state index in [9.17, 15) is 20.0 Å². The van der Waals surface area contributed by atoms with Gasteiger partial charge in [-0.3, -0.25) is 14.2 Å². The molecule has 0 amide bonds. The van der Waals surface area contributed by atoms with Gasteiger partial charge in [-0.1, -0.05) is 13.8 Å². The zero-order chi connectivity index (χ0) is 19.4. The van der Waals surface area contributed by atoms with Crippen molar-refractivity contribution < 1.29 is 9.90 Å². The minimum Gasteiger partial charge on any atom is -0.493 e. The Hall–Kier alpha value is -3.27. The molecule has 0 aliphatic carbocycles. The third-order valence-electron chi connectivity index (χ3n) is 3.86. The van der Waals surface area contributed by atoms with Crippen LogP contribution in [0.25, 0.3) is 0 Å². The second-order valence-corrected chi connectivity index (χ2v) is 6.40. The fraction of sp³-hybridized carbons (Fsp3) is 0.316. The summed E-state index contributed by atoms with van der Waals surface area (Å²) in [5.74, 6) is -0.316. The van der Waals surface area contributed by atoms with Gasteiger partial charge in [-0.15, -0.1) is 5.11 Å². The number of carbonyl (C=O) groups excluding carboxylic acids is 1. The van der Waals surface area contributed by atoms with E-state index in [1.54, 1.807) is 31.2 Å². The standard InChI is InChI=1S/C19H20N4O3/c1-11(2)10-23-18(25)16(9-20)12(3)17(19(23)26)22-21-15-7-5-14(6-8-15)13(4)24/h5-8,11,25H,10H2,1-4H3. The number of benzene rings is 1. The zero-order valence-electron chi connectivity index (χ0n) is 15.1. The van der Waals surface area contributed by atoms with Crippen LogP contribution in [0.15, 0.2) is 39.3 Å². The molecular formula is C19H20N4O3. The van der Waals surface area contributed by atoms with Crippen LogP contribution in [0.4, 0.5) is 11.4 Å². The van der Waals surface area contributed by atoms with Crippen LogP contribution in [0.3, 0.4) is 0 Å². The summed E-state index contributed by atoms with van der Waals surface area (Å²) >= 11 is 0. The Morgan fingerprint density at radius 2 is 1.88 bits per heavy atom. The van der Waals surface area contributed by atoms with Crippen molar-refractivity contribution in [2.75, 3.05) is 0 Å². The maximum Gasteiger partial charge on any atom is 0.281 e. The average molecular weight is 352 g/mol. The van der Waals surface area contributed by atoms with Gasteiger partial charge in [-0.2, -0.15) is 10.4 Å². The number of aromatic nitrogens is 1. The Balaban J connectivity index is 2.53. The molecular weight excluding hydrogens is 332 g/mol. The molecule has 0 saturated heterocycles. The molecule has 26 heavy (non-hydrogen) atoms. The lowest BCUT2D eigenvalue weighted by atomic mass is 10.1. The molecule has 1 aromatic heterocycles. The summed E-state index contributed by atoms with van der Waals surface area (Å²) in [6.07, 6.45) is 0. The molecule has 2 aromatic rings. The molecule has 7 heteroatoms. The Morgan fingerprint density at radius 3 is 2.38 bits per heavy atom. The molecule has 0 aliphatic heterocycles. The number of nitrogens with zero attached hydrogens (tertiary/aromatic N) is 4. The third-order valence-corrected chi connectivity index (χ3v) is 3.86. The topological polar surface area (TPSA) is 108 Å². The van der Waals surface area contributed by atoms with Crippen molar-refractivity contribution in [1.29, 1.82) is 5.26 Å². The van der Waals surface area contributed by atoms with Crippen LogP contribution in [0, 0.1) is 24.2 Å². The number of carbonyl (C=O) groups is 1. The quantitative estimate of drug-likeness (QED) is 0.648. The number of azo groups is 1. The number of aromatic hydroxyl groups is 1. The Kier molecular flexibility index (Phi) is 5.68. The molecule has 1 heterocycles. The van der Waals surface area contributed by atoms with Gasteiger partial charge in [0.15, 0.2) is 11.5 Å². The predicted octanol–water partition coefficient (Wildman–Crippen LogP) is 4.01. The van der Waals surface area contributed by atoms with Gasteiger partial charge in [0.25, 0.3) is 5.56 Å². The lowest BCUT2D eigenvalue weighted by Gasteiger charge is -2.14. The first-order chi connectivity index (χ1) is 12.3. The predicted molar refractivity (Wildman–Crippen MR) is 97.3 cm³/mol. The van der Waals surface area contributed by atoms with Gasteiger partial charge in [0.05, 0.1) is 5.69 Å². The number of hydrogen-bond donors (Lipinski definition) is 1. The van der Waals surface area contributed by atoms with Crippen molar-refractivity contribution >= 4 is 17.2 Å². The van der Waals surface area contributed by atoms with Crippen molar-refractivity contribution in [3.8, 4) is 11.9 Å². The van der Waals surface area contributed by atoms with Crippen molar-refractivity contribution in [3.63, 3.8) is 0 Å². The molecule has 0 bridgehead atoms. The SMILES string of the molecule is CC(=O)c1ccc(N=Nc2c(C)c(C#N)c(O)n(CC(C)C)c2=O)cc1. The number of Topliss-reactive ketones (excluding diaryl/α,β-unsaturated/α-hetero) is 1. The summed E-state index contributed by atoms with van der Waals surface area (Å²) in [5, 5.41) is 27.6. The molecule has 7 nitrogen and oxygen atoms in total. The van der Waals surface area contributed by atoms with Crippen molar-refractivity contribution in [2.24, 2.45) is 16.1 Å². The highest BCUT2D eigenvalue weighted by atomic mass is 16.3. The van der Waals surface area contributed by atoms with Crippen LogP contribution in [0.2, 0.25) is 0 Å². The van der Waals surface area contributed by atoms with Gasteiger partial charge in [0.1, 0.15) is 11.6 Å². The van der Waals surface area contributed by atoms with Crippen LogP contribution in [-0.2, 0) is 6.54 Å². The molecule has 0 radical (unpaired) electrons. The van der Waals surface area contributed by atoms with E-state index in [0.29, 0.717) is 11.3 Å². The van der Waals surface area contributed by atoms with Crippen molar-refractivity contribution in [2.45, 2.75) is 34.2 Å². The second kappa shape index (κ2) is 7.74. The molecule has 0 atom stereocenters. The molecule has 0 saturated carbocycles. The fourth-order valence-electron chi connectivity index (χ4n) is 2.46. The number of nitriles is 1. The van der Waals surface area contributed by atoms with Gasteiger partial charge in [-0.25, -0.2) is 0 Å². The first kappa shape index (κ1) is 19.1. The molecule has 1 N–H and O–H groups in total. The monoisotopic (exact) mass is 352 g/mol. The van der Waals surface area contributed by atoms with Crippen LogP contribution in [0.5, 0.6) is 5.88 Å². The highest BCUT2D eigenvalue weighted by Crippen LogP contribution is 2.27. The van der Waals surface area contributed by atoms with Crippen LogP contribution in [-0.4, -0.2) is 15.5 Å². The van der Waals surface area contributed by atoms with Crippen molar-refractivity contribution in [3.05, 3.63) is 51.3 Å². The van der Waals surface area contributed by atoms with E-state index in [1.165, 1.54) is 6.92 Å². The number of rotatable bonds is 5. The van der Waals surface area contributed by atoms with E-state index >= 15 is 0 Å². The Labute approximate surface area is 151 Å². The van der Waals surface area contributed by atoms with Gasteiger partial charge >= 0.3 is 0 Å². The minimum atomic E-state index is -0.503. The molecule has 0 fully saturated rings. The lowest BCUT2D eigenvalue weighted by molar-refractivity contribution is 0.101. The number of ketones is 1. The fourth-order valence-corrected chi connectivity index (χ4v) is 2.46. The third kappa shape index (κ3) is 3.86. The first-order valence-corrected chi connectivity index (χ1v) is 8.15. The largest absolute Gasteiger partial charge is 0.493 e. The molecule has 1 aromatic carbocycles. The van der Waals surface area contributed by atoms with E-state index in [-0.39, 0.29) is 40.9 Å². The smallest absolute Gasteiger partial charge is 0.281 e. The highest BCUT2D eigenvalue weighted by Gasteiger charge is 2.19. The van der Waals surface area contributed by atoms with Gasteiger partial charge < -0.3 is 5.11 Å². The first-order valence-electron chi connectivity index (χ1n) is 8.15. The van der Waals surface area contributed by atoms with E-state index in [2.05, 4.69) is 10.2 Å². The van der Waals surface area contributed by atoms with Gasteiger partial charge in [-0.05, 0) is 44.0 Å². The summed E-state index contributed by atoms with van der Waals surface area (Å²) < 4.78 is 1.14. The molecule has 134 valence electrons. The lowest BCUT2D eigenvalue weighted by Crippen LogP contribution is -2.24. The van der Waals surface area contributed by atoms with Crippen molar-refractivity contribution in [1.82, 2.24) is 4.57 Å². The van der Waals surface area contributed by atoms with E-state index in [0.717, 1.165) is 4.57 Å². The maximum absolute atomic E-state index is 12.7. The number of hydrogen-bond acceptors (Lipinski definition) is 6. The van der Waals surface area contributed by atoms with Crippen LogP contribution in [0.1, 0.15) is 42.3 Å². The summed E-state index contributed by atoms with van der Waals surface area (Å²) in [6.45, 7) is 7.07. The normalized spacial score (nSPS) is 11.1. The molecule has 2 rings (SSSR count). The average Bonchev–Trinajstić information content (AvgIpc) is 2.59. The van der Waals surface area contributed by atoms with E-state index in [1.807, 2.05) is 19.9 Å².